The average Bonchev–Trinajstić information content (AvgIpc) is 2.85. The van der Waals surface area contributed by atoms with Gasteiger partial charge >= 0.3 is 0 Å². The van der Waals surface area contributed by atoms with Crippen molar-refractivity contribution in [1.29, 1.82) is 0 Å². The zero-order chi connectivity index (χ0) is 11.6. The number of hydrogen-bond donors (Lipinski definition) is 2. The molecule has 2 N–H and O–H groups in total. The van der Waals surface area contributed by atoms with E-state index in [0.717, 1.165) is 11.3 Å². The maximum Gasteiger partial charge on any atom is 0.271 e. The molecule has 0 aliphatic rings. The Morgan fingerprint density at radius 2 is 2.31 bits per heavy atom. The number of thiophene rings is 1. The number of rotatable bonds is 4. The van der Waals surface area contributed by atoms with Gasteiger partial charge in [0.1, 0.15) is 4.21 Å². The fourth-order valence-electron chi connectivity index (χ4n) is 1.20. The van der Waals surface area contributed by atoms with Gasteiger partial charge in [-0.25, -0.2) is 8.42 Å². The number of nitrogens with one attached hydrogen (secondary N) is 2. The van der Waals surface area contributed by atoms with Gasteiger partial charge in [-0.05, 0) is 18.6 Å². The molecule has 0 amide bonds. The predicted octanol–water partition coefficient (Wildman–Crippen LogP) is 1.83. The third-order valence-electron chi connectivity index (χ3n) is 2.00. The second-order valence-electron chi connectivity index (χ2n) is 3.17. The van der Waals surface area contributed by atoms with Gasteiger partial charge in [-0.15, -0.1) is 11.3 Å². The molecule has 0 spiro atoms. The third kappa shape index (κ3) is 2.25. The number of H-pyrrole nitrogens is 1. The number of sulfonamides is 1. The van der Waals surface area contributed by atoms with Crippen molar-refractivity contribution >= 4 is 27.0 Å². The molecule has 2 heterocycles. The van der Waals surface area contributed by atoms with E-state index in [-0.39, 0.29) is 0 Å². The molecule has 0 bridgehead atoms. The molecule has 5 nitrogen and oxygen atoms in total. The molecule has 0 aliphatic heterocycles. The van der Waals surface area contributed by atoms with Crippen molar-refractivity contribution in [2.45, 2.75) is 17.6 Å². The maximum atomic E-state index is 11.9. The third-order valence-corrected chi connectivity index (χ3v) is 5.10. The summed E-state index contributed by atoms with van der Waals surface area (Å²) in [5.74, 6) is 0. The van der Waals surface area contributed by atoms with Crippen LogP contribution >= 0.6 is 11.3 Å². The van der Waals surface area contributed by atoms with Crippen LogP contribution < -0.4 is 4.72 Å². The summed E-state index contributed by atoms with van der Waals surface area (Å²) in [4.78, 5) is 1.05. The Labute approximate surface area is 97.6 Å². The van der Waals surface area contributed by atoms with Crippen LogP contribution in [0.1, 0.15) is 11.8 Å². The molecule has 0 unspecified atom stereocenters. The second kappa shape index (κ2) is 4.26. The van der Waals surface area contributed by atoms with Gasteiger partial charge in [0.05, 0.1) is 11.9 Å². The molecule has 0 saturated carbocycles. The number of aryl methyl sites for hydroxylation is 1. The number of aromatic nitrogens is 2. The quantitative estimate of drug-likeness (QED) is 0.877. The number of hydrogen-bond acceptors (Lipinski definition) is 4. The normalized spacial score (nSPS) is 11.6. The van der Waals surface area contributed by atoms with E-state index in [2.05, 4.69) is 14.9 Å². The Bertz CT molecular complexity index is 557. The molecule has 2 aromatic rings. The van der Waals surface area contributed by atoms with Gasteiger partial charge in [-0.2, -0.15) is 5.10 Å². The van der Waals surface area contributed by atoms with E-state index in [4.69, 9.17) is 0 Å². The lowest BCUT2D eigenvalue weighted by Gasteiger charge is -2.01. The van der Waals surface area contributed by atoms with E-state index in [1.54, 1.807) is 6.07 Å². The smallest absolute Gasteiger partial charge is 0.271 e. The molecule has 2 rings (SSSR count). The van der Waals surface area contributed by atoms with Crippen LogP contribution in [-0.4, -0.2) is 18.6 Å². The van der Waals surface area contributed by atoms with E-state index in [9.17, 15) is 8.42 Å². The standard InChI is InChI=1S/C9H11N3O2S2/c1-2-8-3-4-9(15-8)16(13,14)12-7-5-10-11-6-7/h3-6,12H,2H2,1H3,(H,10,11). The van der Waals surface area contributed by atoms with Gasteiger partial charge in [0, 0.05) is 11.1 Å². The highest BCUT2D eigenvalue weighted by atomic mass is 32.2. The number of nitrogens with zero attached hydrogens (tertiary/aromatic N) is 1. The van der Waals surface area contributed by atoms with E-state index in [1.165, 1.54) is 23.7 Å². The van der Waals surface area contributed by atoms with Crippen molar-refractivity contribution < 1.29 is 8.42 Å². The lowest BCUT2D eigenvalue weighted by Crippen LogP contribution is -2.10. The summed E-state index contributed by atoms with van der Waals surface area (Å²) in [5, 5.41) is 6.22. The molecule has 0 fully saturated rings. The molecule has 86 valence electrons. The maximum absolute atomic E-state index is 11.9. The van der Waals surface area contributed by atoms with Crippen LogP contribution in [0.2, 0.25) is 0 Å². The minimum atomic E-state index is -3.46. The fourth-order valence-corrected chi connectivity index (χ4v) is 3.53. The number of anilines is 1. The minimum absolute atomic E-state index is 0.325. The lowest BCUT2D eigenvalue weighted by atomic mass is 10.4. The summed E-state index contributed by atoms with van der Waals surface area (Å²) in [7, 11) is -3.46. The molecule has 0 aliphatic carbocycles. The largest absolute Gasteiger partial charge is 0.284 e. The van der Waals surface area contributed by atoms with E-state index < -0.39 is 10.0 Å². The summed E-state index contributed by atoms with van der Waals surface area (Å²) in [6.07, 6.45) is 3.75. The van der Waals surface area contributed by atoms with Crippen LogP contribution in [0.5, 0.6) is 0 Å². The minimum Gasteiger partial charge on any atom is -0.284 e. The van der Waals surface area contributed by atoms with Crippen LogP contribution in [-0.2, 0) is 16.4 Å². The molecule has 0 atom stereocenters. The first-order valence-electron chi connectivity index (χ1n) is 4.72. The fraction of sp³-hybridized carbons (Fsp3) is 0.222. The molecule has 0 aromatic carbocycles. The number of aromatic amines is 1. The monoisotopic (exact) mass is 257 g/mol. The summed E-state index contributed by atoms with van der Waals surface area (Å²) in [5.41, 5.74) is 0.437. The van der Waals surface area contributed by atoms with Crippen LogP contribution in [0.25, 0.3) is 0 Å². The summed E-state index contributed by atoms with van der Waals surface area (Å²) in [6.45, 7) is 1.99. The van der Waals surface area contributed by atoms with Crippen LogP contribution in [0, 0.1) is 0 Å². The van der Waals surface area contributed by atoms with Gasteiger partial charge in [-0.1, -0.05) is 6.92 Å². The summed E-state index contributed by atoms with van der Waals surface area (Å²) < 4.78 is 26.5. The topological polar surface area (TPSA) is 74.8 Å². The molecular formula is C9H11N3O2S2. The SMILES string of the molecule is CCc1ccc(S(=O)(=O)Nc2cn[nH]c2)s1. The Kier molecular flexibility index (Phi) is 2.97. The second-order valence-corrected chi connectivity index (χ2v) is 6.24. The molecule has 2 aromatic heterocycles. The van der Waals surface area contributed by atoms with Crippen molar-refractivity contribution in [2.24, 2.45) is 0 Å². The van der Waals surface area contributed by atoms with Gasteiger partial charge in [0.15, 0.2) is 0 Å². The first kappa shape index (κ1) is 11.2. The highest BCUT2D eigenvalue weighted by Gasteiger charge is 2.16. The Morgan fingerprint density at radius 1 is 1.50 bits per heavy atom. The summed E-state index contributed by atoms with van der Waals surface area (Å²) in [6, 6.07) is 3.44. The first-order chi connectivity index (χ1) is 7.62. The average molecular weight is 257 g/mol. The molecule has 0 saturated heterocycles. The van der Waals surface area contributed by atoms with E-state index >= 15 is 0 Å². The van der Waals surface area contributed by atoms with Gasteiger partial charge in [0.2, 0.25) is 0 Å². The van der Waals surface area contributed by atoms with Crippen LogP contribution in [0.3, 0.4) is 0 Å². The van der Waals surface area contributed by atoms with Crippen molar-refractivity contribution in [3.63, 3.8) is 0 Å². The highest BCUT2D eigenvalue weighted by molar-refractivity contribution is 7.94. The zero-order valence-electron chi connectivity index (χ0n) is 8.60. The Hall–Kier alpha value is -1.34. The van der Waals surface area contributed by atoms with Crippen LogP contribution in [0.15, 0.2) is 28.7 Å². The van der Waals surface area contributed by atoms with Gasteiger partial charge < -0.3 is 0 Å². The summed E-state index contributed by atoms with van der Waals surface area (Å²) >= 11 is 1.28. The Morgan fingerprint density at radius 3 is 2.88 bits per heavy atom. The lowest BCUT2D eigenvalue weighted by molar-refractivity contribution is 0.603. The molecule has 0 radical (unpaired) electrons. The van der Waals surface area contributed by atoms with Crippen molar-refractivity contribution in [1.82, 2.24) is 10.2 Å². The van der Waals surface area contributed by atoms with Gasteiger partial charge in [0.25, 0.3) is 10.0 Å². The Balaban J connectivity index is 2.25. The van der Waals surface area contributed by atoms with Crippen molar-refractivity contribution in [3.05, 3.63) is 29.4 Å². The van der Waals surface area contributed by atoms with Gasteiger partial charge in [-0.3, -0.25) is 9.82 Å². The molecular weight excluding hydrogens is 246 g/mol. The first-order valence-corrected chi connectivity index (χ1v) is 7.02. The van der Waals surface area contributed by atoms with Crippen molar-refractivity contribution in [3.8, 4) is 0 Å². The predicted molar refractivity (Wildman–Crippen MR) is 63.1 cm³/mol. The van der Waals surface area contributed by atoms with E-state index in [1.807, 2.05) is 13.0 Å². The van der Waals surface area contributed by atoms with Crippen molar-refractivity contribution in [2.75, 3.05) is 4.72 Å². The molecule has 16 heavy (non-hydrogen) atoms. The molecule has 7 heteroatoms. The zero-order valence-corrected chi connectivity index (χ0v) is 10.2. The highest BCUT2D eigenvalue weighted by Crippen LogP contribution is 2.23. The van der Waals surface area contributed by atoms with E-state index in [0.29, 0.717) is 9.90 Å². The van der Waals surface area contributed by atoms with Crippen LogP contribution in [0.4, 0.5) is 5.69 Å².